The van der Waals surface area contributed by atoms with Gasteiger partial charge in [-0.05, 0) is 42.0 Å². The van der Waals surface area contributed by atoms with E-state index in [9.17, 15) is 14.4 Å². The third kappa shape index (κ3) is 6.15. The third-order valence-corrected chi connectivity index (χ3v) is 3.32. The Morgan fingerprint density at radius 2 is 1.60 bits per heavy atom. The molecule has 0 aliphatic carbocycles. The molecule has 0 aliphatic heterocycles. The minimum absolute atomic E-state index is 0.0370. The van der Waals surface area contributed by atoms with Crippen LogP contribution in [0.3, 0.4) is 0 Å². The molecular formula is C17H15ClN2O5. The first kappa shape index (κ1) is 18.3. The Hall–Kier alpha value is -3.06. The van der Waals surface area contributed by atoms with Crippen molar-refractivity contribution in [1.29, 1.82) is 0 Å². The fourth-order valence-electron chi connectivity index (χ4n) is 1.81. The van der Waals surface area contributed by atoms with Crippen LogP contribution in [0.2, 0.25) is 5.02 Å². The van der Waals surface area contributed by atoms with Gasteiger partial charge < -0.3 is 9.84 Å². The van der Waals surface area contributed by atoms with E-state index in [1.165, 1.54) is 24.3 Å². The molecule has 8 heteroatoms. The highest BCUT2D eigenvalue weighted by molar-refractivity contribution is 6.30. The number of hydrogen-bond donors (Lipinski definition) is 3. The average Bonchev–Trinajstić information content (AvgIpc) is 2.60. The summed E-state index contributed by atoms with van der Waals surface area (Å²) in [5.74, 6) is -1.72. The van der Waals surface area contributed by atoms with Gasteiger partial charge in [0.25, 0.3) is 11.8 Å². The van der Waals surface area contributed by atoms with Crippen molar-refractivity contribution in [1.82, 2.24) is 10.9 Å². The van der Waals surface area contributed by atoms with Crippen molar-refractivity contribution >= 4 is 29.4 Å². The van der Waals surface area contributed by atoms with E-state index in [4.69, 9.17) is 21.4 Å². The fraction of sp³-hybridized carbons (Fsp3) is 0.118. The molecule has 0 saturated carbocycles. The molecule has 0 heterocycles. The lowest BCUT2D eigenvalue weighted by molar-refractivity contribution is -0.148. The van der Waals surface area contributed by atoms with Crippen LogP contribution in [0.5, 0.6) is 5.75 Å². The number of benzene rings is 2. The smallest absolute Gasteiger partial charge is 0.310 e. The molecule has 2 aromatic rings. The van der Waals surface area contributed by atoms with E-state index in [1.807, 2.05) is 0 Å². The number of carbonyl (C=O) groups excluding carboxylic acids is 3. The summed E-state index contributed by atoms with van der Waals surface area (Å²) in [5, 5.41) is 9.64. The first-order valence-corrected chi connectivity index (χ1v) is 7.60. The molecule has 0 atom stereocenters. The highest BCUT2D eigenvalue weighted by Crippen LogP contribution is 2.10. The van der Waals surface area contributed by atoms with Crippen LogP contribution in [-0.4, -0.2) is 29.5 Å². The van der Waals surface area contributed by atoms with Crippen LogP contribution in [0.15, 0.2) is 48.5 Å². The Balaban J connectivity index is 1.71. The first-order chi connectivity index (χ1) is 11.9. The Morgan fingerprint density at radius 3 is 2.24 bits per heavy atom. The molecule has 0 unspecified atom stereocenters. The summed E-state index contributed by atoms with van der Waals surface area (Å²) in [6, 6.07) is 12.1. The molecule has 130 valence electrons. The molecule has 0 saturated heterocycles. The number of halogens is 1. The van der Waals surface area contributed by atoms with Crippen LogP contribution in [0.1, 0.15) is 15.9 Å². The van der Waals surface area contributed by atoms with Crippen molar-refractivity contribution in [3.63, 3.8) is 0 Å². The second-order valence-electron chi connectivity index (χ2n) is 5.01. The van der Waals surface area contributed by atoms with Gasteiger partial charge in [-0.1, -0.05) is 23.7 Å². The van der Waals surface area contributed by atoms with Crippen molar-refractivity contribution in [3.05, 3.63) is 64.7 Å². The van der Waals surface area contributed by atoms with E-state index < -0.39 is 24.4 Å². The van der Waals surface area contributed by atoms with Crippen molar-refractivity contribution in [2.75, 3.05) is 6.61 Å². The lowest BCUT2D eigenvalue weighted by atomic mass is 10.1. The van der Waals surface area contributed by atoms with Gasteiger partial charge in [-0.25, -0.2) is 0 Å². The van der Waals surface area contributed by atoms with E-state index >= 15 is 0 Å². The number of hydrazine groups is 1. The Morgan fingerprint density at radius 1 is 0.960 bits per heavy atom. The van der Waals surface area contributed by atoms with Crippen LogP contribution in [0.4, 0.5) is 0 Å². The van der Waals surface area contributed by atoms with Gasteiger partial charge in [0.1, 0.15) is 5.75 Å². The van der Waals surface area contributed by atoms with Crippen molar-refractivity contribution in [2.45, 2.75) is 6.42 Å². The lowest BCUT2D eigenvalue weighted by Gasteiger charge is -2.08. The van der Waals surface area contributed by atoms with Crippen molar-refractivity contribution in [2.24, 2.45) is 0 Å². The second kappa shape index (κ2) is 8.70. The Kier molecular flexibility index (Phi) is 6.36. The number of phenolic OH excluding ortho intramolecular Hbond substituents is 1. The van der Waals surface area contributed by atoms with E-state index in [1.54, 1.807) is 24.3 Å². The number of carbonyl (C=O) groups is 3. The maximum atomic E-state index is 11.8. The van der Waals surface area contributed by atoms with Crippen molar-refractivity contribution in [3.8, 4) is 5.75 Å². The fourth-order valence-corrected chi connectivity index (χ4v) is 1.94. The van der Waals surface area contributed by atoms with Gasteiger partial charge in [0.15, 0.2) is 6.61 Å². The number of amides is 2. The summed E-state index contributed by atoms with van der Waals surface area (Å²) >= 11 is 5.72. The molecule has 2 aromatic carbocycles. The molecule has 25 heavy (non-hydrogen) atoms. The average molecular weight is 363 g/mol. The van der Waals surface area contributed by atoms with Crippen molar-refractivity contribution < 1.29 is 24.2 Å². The second-order valence-corrected chi connectivity index (χ2v) is 5.45. The largest absolute Gasteiger partial charge is 0.508 e. The number of hydrogen-bond acceptors (Lipinski definition) is 5. The number of ether oxygens (including phenoxy) is 1. The van der Waals surface area contributed by atoms with E-state index in [2.05, 4.69) is 10.9 Å². The molecule has 3 N–H and O–H groups in total. The van der Waals surface area contributed by atoms with Gasteiger partial charge in [-0.2, -0.15) is 0 Å². The maximum Gasteiger partial charge on any atom is 0.310 e. The molecule has 0 aliphatic rings. The molecule has 0 radical (unpaired) electrons. The quantitative estimate of drug-likeness (QED) is 0.553. The zero-order chi connectivity index (χ0) is 18.2. The summed E-state index contributed by atoms with van der Waals surface area (Å²) in [5.41, 5.74) is 5.29. The zero-order valence-electron chi connectivity index (χ0n) is 13.0. The van der Waals surface area contributed by atoms with Gasteiger partial charge in [-0.3, -0.25) is 25.2 Å². The number of aromatic hydroxyl groups is 1. The highest BCUT2D eigenvalue weighted by atomic mass is 35.5. The van der Waals surface area contributed by atoms with Gasteiger partial charge >= 0.3 is 5.97 Å². The summed E-state index contributed by atoms with van der Waals surface area (Å²) in [4.78, 5) is 35.0. The Labute approximate surface area is 148 Å². The molecule has 0 aromatic heterocycles. The number of phenols is 1. The molecule has 7 nitrogen and oxygen atoms in total. The van der Waals surface area contributed by atoms with Crippen LogP contribution in [-0.2, 0) is 20.7 Å². The summed E-state index contributed by atoms with van der Waals surface area (Å²) in [6.45, 7) is -0.530. The molecule has 0 spiro atoms. The molecule has 0 fully saturated rings. The Bertz CT molecular complexity index is 760. The predicted molar refractivity (Wildman–Crippen MR) is 89.8 cm³/mol. The maximum absolute atomic E-state index is 11.8. The van der Waals surface area contributed by atoms with Gasteiger partial charge in [-0.15, -0.1) is 0 Å². The predicted octanol–water partition coefficient (Wildman–Crippen LogP) is 1.59. The topological polar surface area (TPSA) is 105 Å². The zero-order valence-corrected chi connectivity index (χ0v) is 13.7. The summed E-state index contributed by atoms with van der Waals surface area (Å²) in [6.07, 6.45) is -0.0370. The van der Waals surface area contributed by atoms with E-state index in [-0.39, 0.29) is 12.2 Å². The third-order valence-electron chi connectivity index (χ3n) is 3.07. The highest BCUT2D eigenvalue weighted by Gasteiger charge is 2.10. The summed E-state index contributed by atoms with van der Waals surface area (Å²) < 4.78 is 4.81. The standard InChI is InChI=1S/C17H15ClN2O5/c18-13-5-3-12(4-6-13)17(24)20-19-15(22)10-25-16(23)9-11-1-7-14(21)8-2-11/h1-8,21H,9-10H2,(H,19,22)(H,20,24). The number of rotatable bonds is 5. The normalized spacial score (nSPS) is 9.96. The van der Waals surface area contributed by atoms with Gasteiger partial charge in [0.05, 0.1) is 6.42 Å². The van der Waals surface area contributed by atoms with Crippen LogP contribution < -0.4 is 10.9 Å². The van der Waals surface area contributed by atoms with E-state index in [0.717, 1.165) is 0 Å². The van der Waals surface area contributed by atoms with Crippen LogP contribution in [0.25, 0.3) is 0 Å². The van der Waals surface area contributed by atoms with Gasteiger partial charge in [0.2, 0.25) is 0 Å². The number of nitrogens with one attached hydrogen (secondary N) is 2. The molecule has 2 amide bonds. The number of esters is 1. The monoisotopic (exact) mass is 362 g/mol. The molecule has 0 bridgehead atoms. The molecular weight excluding hydrogens is 348 g/mol. The van der Waals surface area contributed by atoms with Crippen LogP contribution in [0, 0.1) is 0 Å². The van der Waals surface area contributed by atoms with E-state index in [0.29, 0.717) is 16.1 Å². The van der Waals surface area contributed by atoms with Gasteiger partial charge in [0, 0.05) is 10.6 Å². The summed E-state index contributed by atoms with van der Waals surface area (Å²) in [7, 11) is 0. The molecule has 2 rings (SSSR count). The minimum Gasteiger partial charge on any atom is -0.508 e. The van der Waals surface area contributed by atoms with Crippen LogP contribution >= 0.6 is 11.6 Å². The minimum atomic E-state index is -0.679. The first-order valence-electron chi connectivity index (χ1n) is 7.22. The SMILES string of the molecule is O=C(COC(=O)Cc1ccc(O)cc1)NNC(=O)c1ccc(Cl)cc1. The lowest BCUT2D eigenvalue weighted by Crippen LogP contribution is -2.43.